The topological polar surface area (TPSA) is 95.6 Å². The zero-order valence-electron chi connectivity index (χ0n) is 5.32. The van der Waals surface area contributed by atoms with E-state index >= 15 is 0 Å². The third-order valence-electron chi connectivity index (χ3n) is 0.642. The quantitative estimate of drug-likeness (QED) is 0.423. The van der Waals surface area contributed by atoms with Gasteiger partial charge in [-0.15, -0.1) is 0 Å². The van der Waals surface area contributed by atoms with Gasteiger partial charge in [0.2, 0.25) is 0 Å². The maximum Gasteiger partial charge on any atom is 0.00750 e. The molecule has 0 aliphatic heterocycles. The SMILES string of the molecule is NCCNCCN.O.[Co]. The molecule has 0 aromatic rings. The van der Waals surface area contributed by atoms with E-state index in [0.717, 1.165) is 13.1 Å². The summed E-state index contributed by atoms with van der Waals surface area (Å²) in [6.45, 7) is 3.13. The standard InChI is InChI=1S/C4H13N3.Co.H2O/c5-1-3-7-4-2-6;;/h7H,1-6H2;;1H2. The van der Waals surface area contributed by atoms with Crippen LogP contribution in [-0.4, -0.2) is 31.7 Å². The van der Waals surface area contributed by atoms with Crippen molar-refractivity contribution in [3.05, 3.63) is 0 Å². The van der Waals surface area contributed by atoms with Gasteiger partial charge in [-0.25, -0.2) is 0 Å². The Hall–Kier alpha value is 0.346. The van der Waals surface area contributed by atoms with Gasteiger partial charge in [-0.2, -0.15) is 0 Å². The van der Waals surface area contributed by atoms with Gasteiger partial charge in [0, 0.05) is 43.0 Å². The van der Waals surface area contributed by atoms with E-state index in [2.05, 4.69) is 5.32 Å². The van der Waals surface area contributed by atoms with E-state index in [1.54, 1.807) is 0 Å². The molecule has 9 heavy (non-hydrogen) atoms. The molecule has 0 aliphatic carbocycles. The van der Waals surface area contributed by atoms with Crippen molar-refractivity contribution in [2.75, 3.05) is 26.2 Å². The van der Waals surface area contributed by atoms with Gasteiger partial charge in [0.25, 0.3) is 0 Å². The Morgan fingerprint density at radius 3 is 1.56 bits per heavy atom. The number of rotatable bonds is 4. The molecule has 0 bridgehead atoms. The summed E-state index contributed by atoms with van der Waals surface area (Å²) in [7, 11) is 0. The third kappa shape index (κ3) is 17.8. The molecule has 0 aromatic carbocycles. The van der Waals surface area contributed by atoms with E-state index in [1.807, 2.05) is 0 Å². The Morgan fingerprint density at radius 1 is 1.00 bits per heavy atom. The van der Waals surface area contributed by atoms with Gasteiger partial charge in [0.1, 0.15) is 0 Å². The molecule has 0 rings (SSSR count). The first-order valence-corrected chi connectivity index (χ1v) is 2.52. The number of nitrogens with two attached hydrogens (primary N) is 2. The van der Waals surface area contributed by atoms with Crippen LogP contribution >= 0.6 is 0 Å². The second kappa shape index (κ2) is 15.8. The van der Waals surface area contributed by atoms with E-state index in [-0.39, 0.29) is 22.3 Å². The Morgan fingerprint density at radius 2 is 1.33 bits per heavy atom. The zero-order chi connectivity index (χ0) is 5.54. The van der Waals surface area contributed by atoms with Crippen molar-refractivity contribution in [2.45, 2.75) is 0 Å². The van der Waals surface area contributed by atoms with E-state index in [4.69, 9.17) is 11.5 Å². The van der Waals surface area contributed by atoms with Crippen LogP contribution in [-0.2, 0) is 16.8 Å². The van der Waals surface area contributed by atoms with Crippen molar-refractivity contribution < 1.29 is 22.3 Å². The molecule has 0 atom stereocenters. The van der Waals surface area contributed by atoms with Gasteiger partial charge >= 0.3 is 0 Å². The molecule has 7 N–H and O–H groups in total. The van der Waals surface area contributed by atoms with Crippen LogP contribution in [0.5, 0.6) is 0 Å². The van der Waals surface area contributed by atoms with Crippen LogP contribution in [0.1, 0.15) is 0 Å². The van der Waals surface area contributed by atoms with Crippen LogP contribution < -0.4 is 16.8 Å². The largest absolute Gasteiger partial charge is 0.412 e. The Bertz CT molecular complexity index is 35.0. The van der Waals surface area contributed by atoms with E-state index in [1.165, 1.54) is 0 Å². The fraction of sp³-hybridized carbons (Fsp3) is 1.00. The summed E-state index contributed by atoms with van der Waals surface area (Å²) in [6.07, 6.45) is 0. The molecule has 5 heteroatoms. The summed E-state index contributed by atoms with van der Waals surface area (Å²) in [5.74, 6) is 0. The summed E-state index contributed by atoms with van der Waals surface area (Å²) >= 11 is 0. The molecule has 0 spiro atoms. The molecule has 61 valence electrons. The van der Waals surface area contributed by atoms with E-state index in [0.29, 0.717) is 13.1 Å². The van der Waals surface area contributed by atoms with Crippen molar-refractivity contribution in [2.24, 2.45) is 11.5 Å². The number of nitrogens with one attached hydrogen (secondary N) is 1. The predicted molar refractivity (Wildman–Crippen MR) is 34.6 cm³/mol. The molecular formula is C4H15CoN3O. The van der Waals surface area contributed by atoms with Crippen molar-refractivity contribution in [3.8, 4) is 0 Å². The maximum atomic E-state index is 5.17. The van der Waals surface area contributed by atoms with Crippen LogP contribution in [0, 0.1) is 0 Å². The second-order valence-electron chi connectivity index (χ2n) is 1.33. The second-order valence-corrected chi connectivity index (χ2v) is 1.33. The van der Waals surface area contributed by atoms with Gasteiger partial charge < -0.3 is 22.3 Å². The van der Waals surface area contributed by atoms with Crippen LogP contribution in [0.4, 0.5) is 0 Å². The Balaban J connectivity index is -0.000000180. The molecule has 0 fully saturated rings. The molecule has 0 amide bonds. The monoisotopic (exact) mass is 180 g/mol. The van der Waals surface area contributed by atoms with Crippen LogP contribution in [0.25, 0.3) is 0 Å². The van der Waals surface area contributed by atoms with Gasteiger partial charge in [-0.1, -0.05) is 0 Å². The molecule has 0 aromatic heterocycles. The minimum absolute atomic E-state index is 0. The Labute approximate surface area is 65.9 Å². The molecule has 0 unspecified atom stereocenters. The maximum absolute atomic E-state index is 5.17. The average Bonchev–Trinajstić information content (AvgIpc) is 1.69. The van der Waals surface area contributed by atoms with Crippen LogP contribution in [0.3, 0.4) is 0 Å². The van der Waals surface area contributed by atoms with Crippen molar-refractivity contribution in [3.63, 3.8) is 0 Å². The smallest absolute Gasteiger partial charge is 0.00750 e. The fourth-order valence-electron chi connectivity index (χ4n) is 0.329. The third-order valence-corrected chi connectivity index (χ3v) is 0.642. The first-order chi connectivity index (χ1) is 3.41. The van der Waals surface area contributed by atoms with E-state index < -0.39 is 0 Å². The molecule has 0 saturated carbocycles. The van der Waals surface area contributed by atoms with Crippen LogP contribution in [0.2, 0.25) is 0 Å². The molecule has 4 nitrogen and oxygen atoms in total. The molecule has 0 saturated heterocycles. The van der Waals surface area contributed by atoms with Gasteiger partial charge in [0.15, 0.2) is 0 Å². The molecule has 1 radical (unpaired) electrons. The first-order valence-electron chi connectivity index (χ1n) is 2.52. The number of hydrogen-bond donors (Lipinski definition) is 3. The van der Waals surface area contributed by atoms with Gasteiger partial charge in [-0.3, -0.25) is 0 Å². The van der Waals surface area contributed by atoms with Gasteiger partial charge in [-0.05, 0) is 0 Å². The Kier molecular flexibility index (Phi) is 28.3. The predicted octanol–water partition coefficient (Wildman–Crippen LogP) is -2.33. The van der Waals surface area contributed by atoms with E-state index in [9.17, 15) is 0 Å². The minimum atomic E-state index is 0. The van der Waals surface area contributed by atoms with Gasteiger partial charge in [0.05, 0.1) is 0 Å². The molecule has 0 aliphatic rings. The summed E-state index contributed by atoms with van der Waals surface area (Å²) in [6, 6.07) is 0. The fourth-order valence-corrected chi connectivity index (χ4v) is 0.329. The average molecular weight is 180 g/mol. The summed E-state index contributed by atoms with van der Waals surface area (Å²) < 4.78 is 0. The molecular weight excluding hydrogens is 165 g/mol. The molecule has 0 heterocycles. The normalized spacial score (nSPS) is 7.33. The zero-order valence-corrected chi connectivity index (χ0v) is 6.36. The minimum Gasteiger partial charge on any atom is -0.412 e. The van der Waals surface area contributed by atoms with Crippen molar-refractivity contribution in [1.82, 2.24) is 5.32 Å². The first kappa shape index (κ1) is 16.2. The van der Waals surface area contributed by atoms with Crippen molar-refractivity contribution >= 4 is 0 Å². The number of hydrogen-bond acceptors (Lipinski definition) is 3. The summed E-state index contributed by atoms with van der Waals surface area (Å²) in [5.41, 5.74) is 10.3. The summed E-state index contributed by atoms with van der Waals surface area (Å²) in [4.78, 5) is 0. The van der Waals surface area contributed by atoms with Crippen molar-refractivity contribution in [1.29, 1.82) is 0 Å². The van der Waals surface area contributed by atoms with Crippen LogP contribution in [0.15, 0.2) is 0 Å². The summed E-state index contributed by atoms with van der Waals surface area (Å²) in [5, 5.41) is 3.03.